The van der Waals surface area contributed by atoms with E-state index in [2.05, 4.69) is 9.89 Å². The van der Waals surface area contributed by atoms with E-state index in [-0.39, 0.29) is 5.75 Å². The number of hydrogen-bond acceptors (Lipinski definition) is 6. The molecule has 0 saturated heterocycles. The van der Waals surface area contributed by atoms with Gasteiger partial charge in [0.05, 0.1) is 26.0 Å². The lowest BCUT2D eigenvalue weighted by atomic mass is 10.1. The minimum absolute atomic E-state index is 0.151. The van der Waals surface area contributed by atoms with Gasteiger partial charge in [0.25, 0.3) is 0 Å². The van der Waals surface area contributed by atoms with Crippen LogP contribution < -0.4 is 0 Å². The first-order valence-electron chi connectivity index (χ1n) is 6.31. The van der Waals surface area contributed by atoms with Crippen LogP contribution in [-0.4, -0.2) is 37.1 Å². The van der Waals surface area contributed by atoms with Crippen molar-refractivity contribution in [2.75, 3.05) is 14.2 Å². The quantitative estimate of drug-likeness (QED) is 0.286. The Kier molecular flexibility index (Phi) is 6.26. The number of benzene rings is 1. The lowest BCUT2D eigenvalue weighted by Crippen LogP contribution is -2.13. The van der Waals surface area contributed by atoms with E-state index < -0.39 is 12.1 Å². The second-order valence-electron chi connectivity index (χ2n) is 4.25. The maximum Gasteiger partial charge on any atom is 0.334 e. The first-order chi connectivity index (χ1) is 9.97. The van der Waals surface area contributed by atoms with Crippen molar-refractivity contribution in [3.8, 4) is 5.75 Å². The number of phenolic OH excluding ortho intramolecular Hbond substituents is 1. The normalized spacial score (nSPS) is 13.5. The fraction of sp³-hybridized carbons (Fsp3) is 0.333. The molecule has 1 N–H and O–H groups in total. The number of ether oxygens (including phenoxy) is 2. The molecule has 0 aliphatic heterocycles. The molecule has 0 spiro atoms. The SMILES string of the molecule is COC(=O)/C=C(/OC)C(C)O/N=C(\C)c1cccc(O)c1. The highest BCUT2D eigenvalue weighted by Gasteiger charge is 2.13. The predicted molar refractivity (Wildman–Crippen MR) is 78.0 cm³/mol. The molecule has 0 radical (unpaired) electrons. The average Bonchev–Trinajstić information content (AvgIpc) is 2.49. The largest absolute Gasteiger partial charge is 0.508 e. The smallest absolute Gasteiger partial charge is 0.334 e. The molecule has 0 heterocycles. The van der Waals surface area contributed by atoms with Crippen LogP contribution in [0, 0.1) is 0 Å². The third kappa shape index (κ3) is 5.18. The standard InChI is InChI=1S/C15H19NO5/c1-10(12-6-5-7-13(17)8-12)16-21-11(2)14(19-3)9-15(18)20-4/h5-9,11,17H,1-4H3/b14-9+,16-10+. The molecule has 1 rings (SSSR count). The van der Waals surface area contributed by atoms with Crippen LogP contribution in [0.25, 0.3) is 0 Å². The van der Waals surface area contributed by atoms with Crippen LogP contribution in [0.15, 0.2) is 41.3 Å². The maximum atomic E-state index is 11.2. The van der Waals surface area contributed by atoms with Gasteiger partial charge in [0.1, 0.15) is 11.5 Å². The van der Waals surface area contributed by atoms with Gasteiger partial charge in [-0.15, -0.1) is 0 Å². The van der Waals surface area contributed by atoms with Crippen molar-refractivity contribution < 1.29 is 24.2 Å². The molecule has 1 aromatic rings. The summed E-state index contributed by atoms with van der Waals surface area (Å²) in [5, 5.41) is 13.4. The van der Waals surface area contributed by atoms with Gasteiger partial charge in [-0.3, -0.25) is 0 Å². The minimum Gasteiger partial charge on any atom is -0.508 e. The number of phenols is 1. The highest BCUT2D eigenvalue weighted by atomic mass is 16.6. The van der Waals surface area contributed by atoms with Crippen LogP contribution in [0.4, 0.5) is 0 Å². The van der Waals surface area contributed by atoms with E-state index in [0.717, 1.165) is 5.56 Å². The van der Waals surface area contributed by atoms with Gasteiger partial charge in [-0.25, -0.2) is 4.79 Å². The molecule has 1 aromatic carbocycles. The Morgan fingerprint density at radius 3 is 2.62 bits per heavy atom. The van der Waals surface area contributed by atoms with Gasteiger partial charge in [-0.2, -0.15) is 0 Å². The van der Waals surface area contributed by atoms with Gasteiger partial charge in [0.15, 0.2) is 6.10 Å². The highest BCUT2D eigenvalue weighted by molar-refractivity contribution is 5.98. The minimum atomic E-state index is -0.554. The molecule has 0 amide bonds. The van der Waals surface area contributed by atoms with Gasteiger partial charge in [0.2, 0.25) is 0 Å². The molecule has 0 aliphatic carbocycles. The van der Waals surface area contributed by atoms with Crippen molar-refractivity contribution in [2.45, 2.75) is 20.0 Å². The molecular formula is C15H19NO5. The van der Waals surface area contributed by atoms with E-state index in [4.69, 9.17) is 9.57 Å². The van der Waals surface area contributed by atoms with Crippen molar-refractivity contribution in [1.82, 2.24) is 0 Å². The molecular weight excluding hydrogens is 274 g/mol. The van der Waals surface area contributed by atoms with Crippen molar-refractivity contribution in [3.05, 3.63) is 41.7 Å². The van der Waals surface area contributed by atoms with Crippen molar-refractivity contribution in [3.63, 3.8) is 0 Å². The zero-order valence-electron chi connectivity index (χ0n) is 12.5. The van der Waals surface area contributed by atoms with Crippen LogP contribution in [-0.2, 0) is 19.1 Å². The summed E-state index contributed by atoms with van der Waals surface area (Å²) >= 11 is 0. The zero-order chi connectivity index (χ0) is 15.8. The van der Waals surface area contributed by atoms with E-state index in [9.17, 15) is 9.90 Å². The Hall–Kier alpha value is -2.50. The van der Waals surface area contributed by atoms with Crippen LogP contribution in [0.2, 0.25) is 0 Å². The van der Waals surface area contributed by atoms with Gasteiger partial charge < -0.3 is 19.4 Å². The average molecular weight is 293 g/mol. The van der Waals surface area contributed by atoms with Gasteiger partial charge in [-0.05, 0) is 26.0 Å². The van der Waals surface area contributed by atoms with Gasteiger partial charge in [-0.1, -0.05) is 17.3 Å². The summed E-state index contributed by atoms with van der Waals surface area (Å²) in [4.78, 5) is 16.5. The first-order valence-corrected chi connectivity index (χ1v) is 6.31. The van der Waals surface area contributed by atoms with Crippen LogP contribution in [0.1, 0.15) is 19.4 Å². The van der Waals surface area contributed by atoms with Crippen LogP contribution in [0.3, 0.4) is 0 Å². The third-order valence-corrected chi connectivity index (χ3v) is 2.71. The zero-order valence-corrected chi connectivity index (χ0v) is 12.5. The molecule has 6 heteroatoms. The van der Waals surface area contributed by atoms with Crippen LogP contribution in [0.5, 0.6) is 5.75 Å². The van der Waals surface area contributed by atoms with E-state index in [1.165, 1.54) is 20.3 Å². The van der Waals surface area contributed by atoms with Gasteiger partial charge >= 0.3 is 5.97 Å². The number of oxime groups is 1. The molecule has 1 atom stereocenters. The third-order valence-electron chi connectivity index (χ3n) is 2.71. The molecule has 1 unspecified atom stereocenters. The number of esters is 1. The number of methoxy groups -OCH3 is 2. The molecule has 21 heavy (non-hydrogen) atoms. The molecule has 114 valence electrons. The Bertz CT molecular complexity index is 551. The number of rotatable bonds is 6. The summed E-state index contributed by atoms with van der Waals surface area (Å²) in [6.45, 7) is 3.44. The summed E-state index contributed by atoms with van der Waals surface area (Å²) in [7, 11) is 2.71. The molecule has 0 bridgehead atoms. The second kappa shape index (κ2) is 7.94. The van der Waals surface area contributed by atoms with Crippen LogP contribution >= 0.6 is 0 Å². The molecule has 0 aliphatic rings. The second-order valence-corrected chi connectivity index (χ2v) is 4.25. The summed E-state index contributed by atoms with van der Waals surface area (Å²) in [5.74, 6) is -0.0800. The molecule has 0 fully saturated rings. The molecule has 0 aromatic heterocycles. The number of carbonyl (C=O) groups is 1. The fourth-order valence-corrected chi connectivity index (χ4v) is 1.51. The molecule has 0 saturated carbocycles. The maximum absolute atomic E-state index is 11.2. The van der Waals surface area contributed by atoms with E-state index >= 15 is 0 Å². The Morgan fingerprint density at radius 1 is 1.33 bits per heavy atom. The summed E-state index contributed by atoms with van der Waals surface area (Å²) in [5.41, 5.74) is 1.32. The lowest BCUT2D eigenvalue weighted by Gasteiger charge is -2.13. The van der Waals surface area contributed by atoms with Crippen molar-refractivity contribution in [1.29, 1.82) is 0 Å². The Labute approximate surface area is 123 Å². The number of aromatic hydroxyl groups is 1. The fourth-order valence-electron chi connectivity index (χ4n) is 1.51. The summed E-state index contributed by atoms with van der Waals surface area (Å²) < 4.78 is 9.59. The summed E-state index contributed by atoms with van der Waals surface area (Å²) in [6, 6.07) is 6.66. The predicted octanol–water partition coefficient (Wildman–Crippen LogP) is 2.22. The number of hydrogen-bond donors (Lipinski definition) is 1. The monoisotopic (exact) mass is 293 g/mol. The number of carbonyl (C=O) groups excluding carboxylic acids is 1. The van der Waals surface area contributed by atoms with E-state index in [1.807, 2.05) is 0 Å². The first kappa shape index (κ1) is 16.6. The topological polar surface area (TPSA) is 77.4 Å². The number of nitrogens with zero attached hydrogens (tertiary/aromatic N) is 1. The van der Waals surface area contributed by atoms with E-state index in [0.29, 0.717) is 11.5 Å². The lowest BCUT2D eigenvalue weighted by molar-refractivity contribution is -0.135. The summed E-state index contributed by atoms with van der Waals surface area (Å²) in [6.07, 6.45) is 0.644. The van der Waals surface area contributed by atoms with Crippen molar-refractivity contribution >= 4 is 11.7 Å². The van der Waals surface area contributed by atoms with Crippen molar-refractivity contribution in [2.24, 2.45) is 5.16 Å². The molecule has 6 nitrogen and oxygen atoms in total. The van der Waals surface area contributed by atoms with Gasteiger partial charge in [0, 0.05) is 5.56 Å². The van der Waals surface area contributed by atoms with E-state index in [1.54, 1.807) is 38.1 Å². The Morgan fingerprint density at radius 2 is 2.05 bits per heavy atom. The highest BCUT2D eigenvalue weighted by Crippen LogP contribution is 2.13. The Balaban J connectivity index is 2.78.